The van der Waals surface area contributed by atoms with Gasteiger partial charge in [-0.25, -0.2) is 4.79 Å². The van der Waals surface area contributed by atoms with Crippen LogP contribution in [-0.4, -0.2) is 59.2 Å². The van der Waals surface area contributed by atoms with Crippen LogP contribution in [-0.2, 0) is 23.8 Å². The number of carbonyl (C=O) groups is 3. The van der Waals surface area contributed by atoms with Crippen molar-refractivity contribution in [1.82, 2.24) is 20.0 Å². The number of hydrogen-bond acceptors (Lipinski definition) is 9. The van der Waals surface area contributed by atoms with Crippen molar-refractivity contribution in [2.24, 2.45) is 0 Å². The topological polar surface area (TPSA) is 142 Å². The maximum Gasteiger partial charge on any atom is 0.343 e. The molecular formula is C18H18N4O7. The summed E-state index contributed by atoms with van der Waals surface area (Å²) in [7, 11) is 3.64. The van der Waals surface area contributed by atoms with Crippen LogP contribution in [0.1, 0.15) is 16.8 Å². The van der Waals surface area contributed by atoms with Crippen molar-refractivity contribution < 1.29 is 28.6 Å². The van der Waals surface area contributed by atoms with E-state index in [0.29, 0.717) is 11.2 Å². The van der Waals surface area contributed by atoms with E-state index in [9.17, 15) is 19.2 Å². The van der Waals surface area contributed by atoms with Gasteiger partial charge < -0.3 is 19.2 Å². The van der Waals surface area contributed by atoms with E-state index in [1.54, 1.807) is 0 Å². The fourth-order valence-corrected chi connectivity index (χ4v) is 2.16. The summed E-state index contributed by atoms with van der Waals surface area (Å²) >= 11 is 0. The molecule has 0 unspecified atom stereocenters. The lowest BCUT2D eigenvalue weighted by Gasteiger charge is -2.02. The lowest BCUT2D eigenvalue weighted by Crippen LogP contribution is -2.19. The smallest absolute Gasteiger partial charge is 0.343 e. The molecule has 0 aliphatic carbocycles. The molecule has 29 heavy (non-hydrogen) atoms. The molecule has 3 aromatic rings. The molecule has 2 heterocycles. The molecule has 1 aromatic carbocycles. The molecule has 0 amide bonds. The van der Waals surface area contributed by atoms with Crippen molar-refractivity contribution in [2.45, 2.75) is 6.42 Å². The Labute approximate surface area is 164 Å². The number of pyridine rings is 1. The highest BCUT2D eigenvalue weighted by molar-refractivity contribution is 5.92. The van der Waals surface area contributed by atoms with Crippen LogP contribution in [0.3, 0.4) is 0 Å². The van der Waals surface area contributed by atoms with Crippen LogP contribution >= 0.6 is 0 Å². The van der Waals surface area contributed by atoms with E-state index in [1.807, 2.05) is 30.3 Å². The van der Waals surface area contributed by atoms with E-state index in [4.69, 9.17) is 0 Å². The van der Waals surface area contributed by atoms with Crippen LogP contribution in [0.2, 0.25) is 0 Å². The number of aromatic amines is 1. The second kappa shape index (κ2) is 9.78. The highest BCUT2D eigenvalue weighted by atomic mass is 16.5. The number of methoxy groups -OCH3 is 3. The van der Waals surface area contributed by atoms with Gasteiger partial charge in [0.15, 0.2) is 5.65 Å². The highest BCUT2D eigenvalue weighted by Crippen LogP contribution is 2.13. The Bertz CT molecular complexity index is 1060. The molecule has 11 nitrogen and oxygen atoms in total. The van der Waals surface area contributed by atoms with Gasteiger partial charge in [-0.05, 0) is 18.2 Å². The number of para-hydroxylation sites is 1. The standard InChI is InChI=1S/C13H10N4O3.C5H8O4/c1-20-13(19)9-7-10-11(14-12(9)18)17(16-15-10)8-5-3-2-4-6-8;1-8-4(6)3-5(7)9-2/h2-7H,1H3,(H,14,18);3H2,1-2H3. The number of benzene rings is 1. The van der Waals surface area contributed by atoms with Gasteiger partial charge in [-0.1, -0.05) is 23.4 Å². The number of hydrogen-bond donors (Lipinski definition) is 1. The molecule has 0 saturated heterocycles. The third-order valence-corrected chi connectivity index (χ3v) is 3.60. The quantitative estimate of drug-likeness (QED) is 0.377. The molecule has 0 atom stereocenters. The lowest BCUT2D eigenvalue weighted by atomic mass is 10.2. The van der Waals surface area contributed by atoms with Crippen LogP contribution < -0.4 is 5.56 Å². The summed E-state index contributed by atoms with van der Waals surface area (Å²) in [4.78, 5) is 46.5. The fraction of sp³-hybridized carbons (Fsp3) is 0.222. The summed E-state index contributed by atoms with van der Waals surface area (Å²) in [5.74, 6) is -1.87. The molecule has 0 fully saturated rings. The Morgan fingerprint density at radius 1 is 1.00 bits per heavy atom. The molecule has 0 spiro atoms. The Kier molecular flexibility index (Phi) is 7.18. The first kappa shape index (κ1) is 21.3. The summed E-state index contributed by atoms with van der Waals surface area (Å²) < 4.78 is 14.4. The number of H-pyrrole nitrogens is 1. The van der Waals surface area contributed by atoms with Gasteiger partial charge in [-0.15, -0.1) is 5.10 Å². The van der Waals surface area contributed by atoms with E-state index >= 15 is 0 Å². The van der Waals surface area contributed by atoms with Crippen molar-refractivity contribution in [1.29, 1.82) is 0 Å². The third-order valence-electron chi connectivity index (χ3n) is 3.60. The van der Waals surface area contributed by atoms with Crippen molar-refractivity contribution >= 4 is 29.1 Å². The number of aromatic nitrogens is 4. The van der Waals surface area contributed by atoms with Crippen LogP contribution in [0.4, 0.5) is 0 Å². The maximum atomic E-state index is 11.9. The zero-order chi connectivity index (χ0) is 21.4. The molecule has 2 aromatic heterocycles. The highest BCUT2D eigenvalue weighted by Gasteiger charge is 2.15. The number of fused-ring (bicyclic) bond motifs is 1. The van der Waals surface area contributed by atoms with Gasteiger partial charge in [0.1, 0.15) is 17.5 Å². The number of carbonyl (C=O) groups excluding carboxylic acids is 3. The summed E-state index contributed by atoms with van der Waals surface area (Å²) in [6.07, 6.45) is -0.312. The molecule has 152 valence electrons. The van der Waals surface area contributed by atoms with Gasteiger partial charge in [0.25, 0.3) is 5.56 Å². The second-order valence-electron chi connectivity index (χ2n) is 5.40. The minimum Gasteiger partial charge on any atom is -0.469 e. The lowest BCUT2D eigenvalue weighted by molar-refractivity contribution is -0.151. The molecule has 0 aliphatic rings. The maximum absolute atomic E-state index is 11.9. The number of nitrogens with zero attached hydrogens (tertiary/aromatic N) is 3. The molecule has 11 heteroatoms. The van der Waals surface area contributed by atoms with Gasteiger partial charge in [0.05, 0.1) is 27.0 Å². The fourth-order valence-electron chi connectivity index (χ4n) is 2.16. The monoisotopic (exact) mass is 402 g/mol. The first-order chi connectivity index (χ1) is 13.9. The minimum absolute atomic E-state index is 0.0971. The predicted molar refractivity (Wildman–Crippen MR) is 99.5 cm³/mol. The van der Waals surface area contributed by atoms with E-state index in [-0.39, 0.29) is 12.0 Å². The van der Waals surface area contributed by atoms with E-state index in [1.165, 1.54) is 32.1 Å². The average molecular weight is 402 g/mol. The summed E-state index contributed by atoms with van der Waals surface area (Å²) in [6, 6.07) is 10.6. The van der Waals surface area contributed by atoms with Gasteiger partial charge in [0, 0.05) is 0 Å². The van der Waals surface area contributed by atoms with Crippen LogP contribution in [0.5, 0.6) is 0 Å². The van der Waals surface area contributed by atoms with Crippen LogP contribution in [0.25, 0.3) is 16.9 Å². The molecular weight excluding hydrogens is 384 g/mol. The summed E-state index contributed by atoms with van der Waals surface area (Å²) in [5, 5.41) is 7.93. The molecule has 0 saturated carbocycles. The van der Waals surface area contributed by atoms with Crippen molar-refractivity contribution in [3.05, 3.63) is 52.3 Å². The van der Waals surface area contributed by atoms with Crippen molar-refractivity contribution in [3.63, 3.8) is 0 Å². The largest absolute Gasteiger partial charge is 0.469 e. The molecule has 0 radical (unpaired) electrons. The van der Waals surface area contributed by atoms with Gasteiger partial charge in [-0.2, -0.15) is 4.68 Å². The number of nitrogens with one attached hydrogen (secondary N) is 1. The Morgan fingerprint density at radius 2 is 1.62 bits per heavy atom. The zero-order valence-electron chi connectivity index (χ0n) is 15.9. The molecule has 0 aliphatic heterocycles. The molecule has 0 bridgehead atoms. The number of esters is 3. The van der Waals surface area contributed by atoms with Crippen molar-refractivity contribution in [3.8, 4) is 5.69 Å². The summed E-state index contributed by atoms with van der Waals surface area (Å²) in [5.41, 5.74) is 0.961. The van der Waals surface area contributed by atoms with Gasteiger partial charge in [0.2, 0.25) is 0 Å². The van der Waals surface area contributed by atoms with Crippen LogP contribution in [0, 0.1) is 0 Å². The summed E-state index contributed by atoms with van der Waals surface area (Å²) in [6.45, 7) is 0. The third kappa shape index (κ3) is 5.25. The van der Waals surface area contributed by atoms with E-state index in [0.717, 1.165) is 5.69 Å². The first-order valence-corrected chi connectivity index (χ1v) is 8.17. The van der Waals surface area contributed by atoms with E-state index < -0.39 is 23.5 Å². The predicted octanol–water partition coefficient (Wildman–Crippen LogP) is 0.618. The van der Waals surface area contributed by atoms with Crippen molar-refractivity contribution in [2.75, 3.05) is 21.3 Å². The first-order valence-electron chi connectivity index (χ1n) is 8.17. The number of rotatable bonds is 4. The molecule has 3 rings (SSSR count). The number of ether oxygens (including phenoxy) is 3. The van der Waals surface area contributed by atoms with E-state index in [2.05, 4.69) is 29.5 Å². The minimum atomic E-state index is -0.706. The Hall–Kier alpha value is -4.02. The normalized spacial score (nSPS) is 9.90. The Balaban J connectivity index is 0.000000284. The molecule has 1 N–H and O–H groups in total. The zero-order valence-corrected chi connectivity index (χ0v) is 15.9. The second-order valence-corrected chi connectivity index (χ2v) is 5.40. The van der Waals surface area contributed by atoms with Gasteiger partial charge >= 0.3 is 17.9 Å². The SMILES string of the molecule is COC(=O)CC(=O)OC.COC(=O)c1cc2nnn(-c3ccccc3)c2[nH]c1=O. The van der Waals surface area contributed by atoms with Gasteiger partial charge in [-0.3, -0.25) is 14.4 Å². The van der Waals surface area contributed by atoms with Crippen LogP contribution in [0.15, 0.2) is 41.2 Å². The Morgan fingerprint density at radius 3 is 2.17 bits per heavy atom. The average Bonchev–Trinajstić information content (AvgIpc) is 3.16.